The highest BCUT2D eigenvalue weighted by atomic mass is 16.1. The lowest BCUT2D eigenvalue weighted by molar-refractivity contribution is 0.0992. The number of Topliss-reactive ketones (excluding diaryl/α,β-unsaturated/α-hetero) is 1. The van der Waals surface area contributed by atoms with E-state index in [4.69, 9.17) is 0 Å². The highest BCUT2D eigenvalue weighted by Crippen LogP contribution is 2.12. The largest absolute Gasteiger partial charge is 0.294 e. The van der Waals surface area contributed by atoms with E-state index in [-0.39, 0.29) is 5.78 Å². The van der Waals surface area contributed by atoms with Gasteiger partial charge in [-0.05, 0) is 36.1 Å². The number of hydrogen-bond acceptors (Lipinski definition) is 2. The van der Waals surface area contributed by atoms with Crippen LogP contribution in [-0.4, -0.2) is 10.8 Å². The first-order chi connectivity index (χ1) is 8.70. The minimum atomic E-state index is 0.152. The molecular formula is C16H17NO. The summed E-state index contributed by atoms with van der Waals surface area (Å²) in [6, 6.07) is 10.0. The molecule has 2 rings (SSSR count). The van der Waals surface area contributed by atoms with Crippen molar-refractivity contribution in [2.75, 3.05) is 0 Å². The number of benzene rings is 1. The van der Waals surface area contributed by atoms with Crippen LogP contribution in [0.5, 0.6) is 0 Å². The molecule has 0 atom stereocenters. The predicted octanol–water partition coefficient (Wildman–Crippen LogP) is 3.38. The van der Waals surface area contributed by atoms with Crippen LogP contribution < -0.4 is 0 Å². The molecule has 2 aromatic rings. The van der Waals surface area contributed by atoms with Crippen molar-refractivity contribution in [3.05, 3.63) is 65.0 Å². The van der Waals surface area contributed by atoms with Crippen molar-refractivity contribution in [2.24, 2.45) is 0 Å². The Kier molecular flexibility index (Phi) is 3.88. The standard InChI is InChI=1S/C16H17NO/c1-3-13-4-6-14(7-5-13)10-16(18)15-8-9-17-11-12(15)2/h4-9,11H,3,10H2,1-2H3. The molecule has 0 saturated heterocycles. The summed E-state index contributed by atoms with van der Waals surface area (Å²) in [5, 5.41) is 0. The van der Waals surface area contributed by atoms with Crippen molar-refractivity contribution in [3.8, 4) is 0 Å². The van der Waals surface area contributed by atoms with Gasteiger partial charge in [0.25, 0.3) is 0 Å². The monoisotopic (exact) mass is 239 g/mol. The molecule has 1 heterocycles. The van der Waals surface area contributed by atoms with Crippen LogP contribution in [0.2, 0.25) is 0 Å². The van der Waals surface area contributed by atoms with Crippen LogP contribution in [0.15, 0.2) is 42.7 Å². The fourth-order valence-electron chi connectivity index (χ4n) is 1.96. The number of carbonyl (C=O) groups is 1. The third-order valence-electron chi connectivity index (χ3n) is 3.12. The van der Waals surface area contributed by atoms with Gasteiger partial charge in [0.15, 0.2) is 5.78 Å². The third-order valence-corrected chi connectivity index (χ3v) is 3.12. The van der Waals surface area contributed by atoms with Crippen molar-refractivity contribution in [3.63, 3.8) is 0 Å². The molecule has 0 spiro atoms. The maximum atomic E-state index is 12.2. The van der Waals surface area contributed by atoms with Crippen LogP contribution in [0, 0.1) is 6.92 Å². The molecule has 2 nitrogen and oxygen atoms in total. The van der Waals surface area contributed by atoms with E-state index in [1.807, 2.05) is 19.1 Å². The Morgan fingerprint density at radius 2 is 1.78 bits per heavy atom. The van der Waals surface area contributed by atoms with Crippen molar-refractivity contribution in [1.29, 1.82) is 0 Å². The van der Waals surface area contributed by atoms with E-state index in [0.29, 0.717) is 6.42 Å². The molecule has 0 aliphatic heterocycles. The van der Waals surface area contributed by atoms with Crippen molar-refractivity contribution in [1.82, 2.24) is 4.98 Å². The zero-order chi connectivity index (χ0) is 13.0. The quantitative estimate of drug-likeness (QED) is 0.766. The molecule has 0 aliphatic carbocycles. The summed E-state index contributed by atoms with van der Waals surface area (Å²) in [5.74, 6) is 0.152. The van der Waals surface area contributed by atoms with E-state index in [0.717, 1.165) is 23.1 Å². The van der Waals surface area contributed by atoms with Gasteiger partial charge in [0.1, 0.15) is 0 Å². The number of carbonyl (C=O) groups excluding carboxylic acids is 1. The Morgan fingerprint density at radius 3 is 2.39 bits per heavy atom. The maximum Gasteiger partial charge on any atom is 0.167 e. The summed E-state index contributed by atoms with van der Waals surface area (Å²) in [6.07, 6.45) is 4.88. The Labute approximate surface area is 108 Å². The molecule has 1 aromatic heterocycles. The van der Waals surface area contributed by atoms with Crippen molar-refractivity contribution < 1.29 is 4.79 Å². The zero-order valence-electron chi connectivity index (χ0n) is 10.8. The molecule has 0 radical (unpaired) electrons. The zero-order valence-corrected chi connectivity index (χ0v) is 10.8. The van der Waals surface area contributed by atoms with Crippen LogP contribution in [0.4, 0.5) is 0 Å². The van der Waals surface area contributed by atoms with Gasteiger partial charge in [0.2, 0.25) is 0 Å². The normalized spacial score (nSPS) is 10.3. The Balaban J connectivity index is 2.14. The molecule has 0 bridgehead atoms. The fraction of sp³-hybridized carbons (Fsp3) is 0.250. The fourth-order valence-corrected chi connectivity index (χ4v) is 1.96. The Morgan fingerprint density at radius 1 is 1.11 bits per heavy atom. The molecule has 0 amide bonds. The SMILES string of the molecule is CCc1ccc(CC(=O)c2ccncc2C)cc1. The van der Waals surface area contributed by atoms with Gasteiger partial charge in [0.05, 0.1) is 0 Å². The Hall–Kier alpha value is -1.96. The summed E-state index contributed by atoms with van der Waals surface area (Å²) in [4.78, 5) is 16.2. The average molecular weight is 239 g/mol. The van der Waals surface area contributed by atoms with Crippen LogP contribution in [0.25, 0.3) is 0 Å². The lowest BCUT2D eigenvalue weighted by atomic mass is 10.00. The number of ketones is 1. The van der Waals surface area contributed by atoms with Gasteiger partial charge >= 0.3 is 0 Å². The summed E-state index contributed by atoms with van der Waals surface area (Å²) in [6.45, 7) is 4.04. The van der Waals surface area contributed by atoms with E-state index in [1.165, 1.54) is 5.56 Å². The molecule has 0 saturated carbocycles. The number of nitrogens with zero attached hydrogens (tertiary/aromatic N) is 1. The second-order valence-electron chi connectivity index (χ2n) is 4.46. The second-order valence-corrected chi connectivity index (χ2v) is 4.46. The molecule has 1 aromatic carbocycles. The summed E-state index contributed by atoms with van der Waals surface area (Å²) < 4.78 is 0. The summed E-state index contributed by atoms with van der Waals surface area (Å²) >= 11 is 0. The van der Waals surface area contributed by atoms with Crippen LogP contribution in [0.1, 0.15) is 34.0 Å². The number of aryl methyl sites for hydroxylation is 2. The maximum absolute atomic E-state index is 12.2. The minimum absolute atomic E-state index is 0.152. The van der Waals surface area contributed by atoms with Crippen LogP contribution in [0.3, 0.4) is 0 Å². The van der Waals surface area contributed by atoms with Crippen LogP contribution >= 0.6 is 0 Å². The average Bonchev–Trinajstić information content (AvgIpc) is 2.40. The van der Waals surface area contributed by atoms with Crippen molar-refractivity contribution in [2.45, 2.75) is 26.7 Å². The number of aromatic nitrogens is 1. The third kappa shape index (κ3) is 2.83. The van der Waals surface area contributed by atoms with Gasteiger partial charge in [-0.3, -0.25) is 9.78 Å². The van der Waals surface area contributed by atoms with E-state index >= 15 is 0 Å². The molecule has 0 aliphatic rings. The van der Waals surface area contributed by atoms with Gasteiger partial charge < -0.3 is 0 Å². The van der Waals surface area contributed by atoms with Gasteiger partial charge in [-0.2, -0.15) is 0 Å². The molecule has 2 heteroatoms. The molecule has 0 fully saturated rings. The topological polar surface area (TPSA) is 30.0 Å². The number of rotatable bonds is 4. The predicted molar refractivity (Wildman–Crippen MR) is 72.8 cm³/mol. The molecule has 18 heavy (non-hydrogen) atoms. The number of pyridine rings is 1. The van der Waals surface area contributed by atoms with Gasteiger partial charge in [-0.25, -0.2) is 0 Å². The van der Waals surface area contributed by atoms with E-state index in [1.54, 1.807) is 18.5 Å². The van der Waals surface area contributed by atoms with Crippen LogP contribution in [-0.2, 0) is 12.8 Å². The Bertz CT molecular complexity index is 543. The first-order valence-electron chi connectivity index (χ1n) is 6.22. The smallest absolute Gasteiger partial charge is 0.167 e. The first kappa shape index (κ1) is 12.5. The highest BCUT2D eigenvalue weighted by Gasteiger charge is 2.09. The van der Waals surface area contributed by atoms with E-state index in [9.17, 15) is 4.79 Å². The van der Waals surface area contributed by atoms with Gasteiger partial charge in [-0.1, -0.05) is 31.2 Å². The van der Waals surface area contributed by atoms with E-state index in [2.05, 4.69) is 24.0 Å². The van der Waals surface area contributed by atoms with Crippen molar-refractivity contribution >= 4 is 5.78 Å². The summed E-state index contributed by atoms with van der Waals surface area (Å²) in [5.41, 5.74) is 4.07. The molecule has 92 valence electrons. The lowest BCUT2D eigenvalue weighted by Gasteiger charge is -2.05. The minimum Gasteiger partial charge on any atom is -0.294 e. The van der Waals surface area contributed by atoms with Gasteiger partial charge in [-0.15, -0.1) is 0 Å². The second kappa shape index (κ2) is 5.58. The molecular weight excluding hydrogens is 222 g/mol. The molecule has 0 N–H and O–H groups in total. The first-order valence-corrected chi connectivity index (χ1v) is 6.22. The summed E-state index contributed by atoms with van der Waals surface area (Å²) in [7, 11) is 0. The van der Waals surface area contributed by atoms with Gasteiger partial charge in [0, 0.05) is 24.4 Å². The lowest BCUT2D eigenvalue weighted by Crippen LogP contribution is -2.05. The molecule has 0 unspecified atom stereocenters. The number of hydrogen-bond donors (Lipinski definition) is 0. The van der Waals surface area contributed by atoms with E-state index < -0.39 is 0 Å². The highest BCUT2D eigenvalue weighted by molar-refractivity contribution is 5.98.